The van der Waals surface area contributed by atoms with Crippen LogP contribution < -0.4 is 5.56 Å². The van der Waals surface area contributed by atoms with Crippen molar-refractivity contribution in [2.45, 2.75) is 25.6 Å². The highest BCUT2D eigenvalue weighted by atomic mass is 19.4. The number of alkyl halides is 3. The molecule has 152 valence electrons. The number of hydrogen-bond acceptors (Lipinski definition) is 7. The van der Waals surface area contributed by atoms with Gasteiger partial charge in [-0.2, -0.15) is 18.2 Å². The van der Waals surface area contributed by atoms with Gasteiger partial charge in [0.25, 0.3) is 5.56 Å². The van der Waals surface area contributed by atoms with Crippen LogP contribution in [0.1, 0.15) is 17.9 Å². The van der Waals surface area contributed by atoms with Crippen molar-refractivity contribution in [3.63, 3.8) is 0 Å². The molecule has 0 aromatic carbocycles. The second kappa shape index (κ2) is 8.67. The predicted molar refractivity (Wildman–Crippen MR) is 92.5 cm³/mol. The Morgan fingerprint density at radius 2 is 2.07 bits per heavy atom. The van der Waals surface area contributed by atoms with Crippen LogP contribution in [0.5, 0.6) is 0 Å². The molecule has 0 aliphatic carbocycles. The Labute approximate surface area is 162 Å². The van der Waals surface area contributed by atoms with Crippen LogP contribution >= 0.6 is 0 Å². The number of aryl methyl sites for hydroxylation is 1. The van der Waals surface area contributed by atoms with Crippen molar-refractivity contribution >= 4 is 5.97 Å². The van der Waals surface area contributed by atoms with Crippen molar-refractivity contribution in [1.82, 2.24) is 19.7 Å². The lowest BCUT2D eigenvalue weighted by molar-refractivity contribution is -0.145. The van der Waals surface area contributed by atoms with Crippen LogP contribution in [0.25, 0.3) is 11.4 Å². The molecule has 0 amide bonds. The SMILES string of the molecule is O=C(Cn1cc(C(F)(F)F)ccc1=O)OCCCc1nc(-c2cccnc2)no1. The number of ether oxygens (including phenoxy) is 1. The number of halogens is 3. The standard InChI is InChI=1S/C18H15F3N4O4/c19-18(20,21)13-5-6-15(26)25(10-13)11-16(27)28-8-2-4-14-23-17(24-29-14)12-3-1-7-22-9-12/h1,3,5-7,9-10H,2,4,8,11H2. The van der Waals surface area contributed by atoms with E-state index in [1.165, 1.54) is 0 Å². The molecule has 0 saturated heterocycles. The van der Waals surface area contributed by atoms with E-state index in [1.807, 2.05) is 0 Å². The molecule has 0 unspecified atom stereocenters. The Morgan fingerprint density at radius 1 is 1.24 bits per heavy atom. The van der Waals surface area contributed by atoms with Crippen LogP contribution in [0.3, 0.4) is 0 Å². The number of rotatable bonds is 7. The first kappa shape index (κ1) is 20.2. The lowest BCUT2D eigenvalue weighted by Gasteiger charge is -2.10. The molecule has 0 aliphatic rings. The van der Waals surface area contributed by atoms with E-state index in [2.05, 4.69) is 15.1 Å². The van der Waals surface area contributed by atoms with Crippen molar-refractivity contribution < 1.29 is 27.2 Å². The van der Waals surface area contributed by atoms with Gasteiger partial charge in [0.05, 0.1) is 12.2 Å². The molecule has 0 spiro atoms. The summed E-state index contributed by atoms with van der Waals surface area (Å²) in [6.07, 6.45) is -0.125. The van der Waals surface area contributed by atoms with Gasteiger partial charge in [0.2, 0.25) is 11.7 Å². The van der Waals surface area contributed by atoms with Crippen molar-refractivity contribution in [2.75, 3.05) is 6.61 Å². The van der Waals surface area contributed by atoms with E-state index in [0.717, 1.165) is 6.07 Å². The Balaban J connectivity index is 1.47. The summed E-state index contributed by atoms with van der Waals surface area (Å²) in [6.45, 7) is -0.633. The van der Waals surface area contributed by atoms with Crippen molar-refractivity contribution in [3.05, 3.63) is 64.7 Å². The molecule has 3 aromatic rings. The number of carbonyl (C=O) groups excluding carboxylic acids is 1. The first-order valence-electron chi connectivity index (χ1n) is 8.49. The minimum absolute atomic E-state index is 0.0167. The number of aromatic nitrogens is 4. The third-order valence-corrected chi connectivity index (χ3v) is 3.80. The van der Waals surface area contributed by atoms with Gasteiger partial charge in [0.1, 0.15) is 6.54 Å². The van der Waals surface area contributed by atoms with Crippen molar-refractivity contribution in [1.29, 1.82) is 0 Å². The number of hydrogen-bond donors (Lipinski definition) is 0. The van der Waals surface area contributed by atoms with Gasteiger partial charge in [0.15, 0.2) is 0 Å². The Kier molecular flexibility index (Phi) is 6.05. The smallest absolute Gasteiger partial charge is 0.417 e. The van der Waals surface area contributed by atoms with E-state index >= 15 is 0 Å². The number of pyridine rings is 2. The molecule has 0 saturated carbocycles. The molecule has 8 nitrogen and oxygen atoms in total. The van der Waals surface area contributed by atoms with E-state index < -0.39 is 29.8 Å². The fraction of sp³-hybridized carbons (Fsp3) is 0.278. The first-order valence-corrected chi connectivity index (χ1v) is 8.49. The predicted octanol–water partition coefficient (Wildman–Crippen LogP) is 2.49. The minimum atomic E-state index is -4.61. The van der Waals surface area contributed by atoms with Gasteiger partial charge in [-0.3, -0.25) is 14.6 Å². The van der Waals surface area contributed by atoms with Gasteiger partial charge in [-0.1, -0.05) is 5.16 Å². The van der Waals surface area contributed by atoms with E-state index in [4.69, 9.17) is 9.26 Å². The van der Waals surface area contributed by atoms with Gasteiger partial charge in [-0.25, -0.2) is 0 Å². The quantitative estimate of drug-likeness (QED) is 0.437. The molecule has 3 rings (SSSR count). The lowest BCUT2D eigenvalue weighted by Crippen LogP contribution is -2.26. The molecular weight excluding hydrogens is 393 g/mol. The zero-order valence-electron chi connectivity index (χ0n) is 14.9. The minimum Gasteiger partial charge on any atom is -0.464 e. The van der Waals surface area contributed by atoms with Crippen molar-refractivity contribution in [3.8, 4) is 11.4 Å². The zero-order valence-corrected chi connectivity index (χ0v) is 14.9. The van der Waals surface area contributed by atoms with Crippen molar-refractivity contribution in [2.24, 2.45) is 0 Å². The van der Waals surface area contributed by atoms with Gasteiger partial charge >= 0.3 is 12.1 Å². The lowest BCUT2D eigenvalue weighted by atomic mass is 10.3. The zero-order chi connectivity index (χ0) is 20.9. The first-order chi connectivity index (χ1) is 13.8. The molecule has 0 atom stereocenters. The summed E-state index contributed by atoms with van der Waals surface area (Å²) in [6, 6.07) is 4.93. The molecular formula is C18H15F3N4O4. The largest absolute Gasteiger partial charge is 0.464 e. The normalized spacial score (nSPS) is 11.4. The molecule has 3 heterocycles. The molecule has 11 heteroatoms. The number of nitrogens with zero attached hydrogens (tertiary/aromatic N) is 4. The van der Waals surface area contributed by atoms with Crippen LogP contribution in [0.15, 0.2) is 52.2 Å². The highest BCUT2D eigenvalue weighted by Crippen LogP contribution is 2.28. The summed E-state index contributed by atoms with van der Waals surface area (Å²) in [7, 11) is 0. The summed E-state index contributed by atoms with van der Waals surface area (Å²) < 4.78 is 48.8. The second-order valence-corrected chi connectivity index (χ2v) is 5.96. The summed E-state index contributed by atoms with van der Waals surface area (Å²) in [4.78, 5) is 31.6. The molecule has 0 fully saturated rings. The van der Waals surface area contributed by atoms with Crippen LogP contribution in [-0.2, 0) is 28.7 Å². The Morgan fingerprint density at radius 3 is 2.79 bits per heavy atom. The van der Waals surface area contributed by atoms with Crippen LogP contribution in [-0.4, -0.2) is 32.3 Å². The van der Waals surface area contributed by atoms with Crippen LogP contribution in [0.2, 0.25) is 0 Å². The number of esters is 1. The molecule has 0 N–H and O–H groups in total. The van der Waals surface area contributed by atoms with Crippen LogP contribution in [0.4, 0.5) is 13.2 Å². The van der Waals surface area contributed by atoms with Crippen LogP contribution in [0, 0.1) is 0 Å². The third kappa shape index (κ3) is 5.50. The summed E-state index contributed by atoms with van der Waals surface area (Å²) >= 11 is 0. The third-order valence-electron chi connectivity index (χ3n) is 3.80. The summed E-state index contributed by atoms with van der Waals surface area (Å²) in [5, 5.41) is 3.83. The maximum Gasteiger partial charge on any atom is 0.417 e. The van der Waals surface area contributed by atoms with E-state index in [0.29, 0.717) is 47.0 Å². The summed E-state index contributed by atoms with van der Waals surface area (Å²) in [5.74, 6) is -0.101. The highest BCUT2D eigenvalue weighted by Gasteiger charge is 2.31. The fourth-order valence-electron chi connectivity index (χ4n) is 2.39. The fourth-order valence-corrected chi connectivity index (χ4v) is 2.39. The van der Waals surface area contributed by atoms with Gasteiger partial charge in [0, 0.05) is 36.6 Å². The average molecular weight is 408 g/mol. The van der Waals surface area contributed by atoms with Gasteiger partial charge in [-0.15, -0.1) is 0 Å². The van der Waals surface area contributed by atoms with Gasteiger partial charge in [-0.05, 0) is 24.6 Å². The topological polar surface area (TPSA) is 100 Å². The molecule has 29 heavy (non-hydrogen) atoms. The van der Waals surface area contributed by atoms with E-state index in [9.17, 15) is 22.8 Å². The van der Waals surface area contributed by atoms with E-state index in [-0.39, 0.29) is 6.61 Å². The van der Waals surface area contributed by atoms with E-state index in [1.54, 1.807) is 24.5 Å². The molecule has 3 aromatic heterocycles. The summed E-state index contributed by atoms with van der Waals surface area (Å²) in [5.41, 5.74) is -1.06. The monoisotopic (exact) mass is 408 g/mol. The molecule has 0 radical (unpaired) electrons. The highest BCUT2D eigenvalue weighted by molar-refractivity contribution is 5.69. The Bertz CT molecular complexity index is 1030. The second-order valence-electron chi connectivity index (χ2n) is 5.96. The average Bonchev–Trinajstić information content (AvgIpc) is 3.16. The maximum atomic E-state index is 12.7. The molecule has 0 aliphatic heterocycles. The molecule has 0 bridgehead atoms. The number of carbonyl (C=O) groups is 1. The maximum absolute atomic E-state index is 12.7. The Hall–Kier alpha value is -3.50. The van der Waals surface area contributed by atoms with Gasteiger partial charge < -0.3 is 13.8 Å².